The van der Waals surface area contributed by atoms with Crippen LogP contribution >= 0.6 is 0 Å². The Labute approximate surface area is 213 Å². The third-order valence-corrected chi connectivity index (χ3v) is 5.47. The maximum atomic E-state index is 15.3. The molecule has 1 aliphatic heterocycles. The molecule has 1 aliphatic rings. The van der Waals surface area contributed by atoms with Crippen molar-refractivity contribution in [1.82, 2.24) is 15.0 Å². The number of benzene rings is 1. The Hall–Kier alpha value is -4.06. The lowest BCUT2D eigenvalue weighted by molar-refractivity contribution is 0.515. The topological polar surface area (TPSA) is 53.4 Å². The summed E-state index contributed by atoms with van der Waals surface area (Å²) in [5, 5.41) is 9.06. The number of halogens is 1. The Bertz CT molecular complexity index is 1250. The molecule has 186 valence electrons. The molecule has 2 aromatic rings. The van der Waals surface area contributed by atoms with E-state index in [1.807, 2.05) is 32.1 Å². The molecule has 0 saturated heterocycles. The Balaban J connectivity index is 1.76. The van der Waals surface area contributed by atoms with Gasteiger partial charge in [0, 0.05) is 24.5 Å². The summed E-state index contributed by atoms with van der Waals surface area (Å²) >= 11 is 0. The van der Waals surface area contributed by atoms with Gasteiger partial charge in [-0.1, -0.05) is 74.6 Å². The van der Waals surface area contributed by atoms with Crippen molar-refractivity contribution in [2.24, 2.45) is 5.10 Å². The van der Waals surface area contributed by atoms with Crippen LogP contribution in [0.1, 0.15) is 57.4 Å². The first-order chi connectivity index (χ1) is 17.5. The van der Waals surface area contributed by atoms with Crippen molar-refractivity contribution in [2.75, 3.05) is 5.32 Å². The quantitative estimate of drug-likeness (QED) is 0.278. The first-order valence-electron chi connectivity index (χ1n) is 12.2. The third-order valence-electron chi connectivity index (χ3n) is 5.47. The van der Waals surface area contributed by atoms with Crippen molar-refractivity contribution in [2.45, 2.75) is 47.1 Å². The van der Waals surface area contributed by atoms with Gasteiger partial charge in [-0.3, -0.25) is 0 Å². The number of hydrazone groups is 1. The summed E-state index contributed by atoms with van der Waals surface area (Å²) in [6.07, 6.45) is 18.8. The number of allylic oxidation sites excluding steroid dienone is 9. The second-order valence-electron chi connectivity index (χ2n) is 8.35. The summed E-state index contributed by atoms with van der Waals surface area (Å²) in [5.41, 5.74) is 6.04. The molecule has 0 bridgehead atoms. The van der Waals surface area contributed by atoms with E-state index in [-0.39, 0.29) is 11.5 Å². The molecule has 0 spiro atoms. The smallest absolute Gasteiger partial charge is 0.191 e. The summed E-state index contributed by atoms with van der Waals surface area (Å²) in [4.78, 5) is 8.29. The zero-order valence-corrected chi connectivity index (χ0v) is 21.5. The fourth-order valence-corrected chi connectivity index (χ4v) is 3.67. The normalized spacial score (nSPS) is 14.8. The Kier molecular flexibility index (Phi) is 9.69. The highest BCUT2D eigenvalue weighted by Gasteiger charge is 2.17. The fraction of sp³-hybridized carbons (Fsp3) is 0.233. The van der Waals surface area contributed by atoms with Gasteiger partial charge in [-0.25, -0.2) is 19.4 Å². The molecule has 0 radical (unpaired) electrons. The Morgan fingerprint density at radius 1 is 1.14 bits per heavy atom. The van der Waals surface area contributed by atoms with E-state index in [2.05, 4.69) is 71.2 Å². The molecule has 0 fully saturated rings. The molecule has 0 amide bonds. The molecule has 2 heterocycles. The molecule has 0 saturated carbocycles. The predicted molar refractivity (Wildman–Crippen MR) is 149 cm³/mol. The van der Waals surface area contributed by atoms with Crippen LogP contribution in [0.15, 0.2) is 96.2 Å². The van der Waals surface area contributed by atoms with Crippen LogP contribution in [-0.2, 0) is 6.54 Å². The predicted octanol–water partition coefficient (Wildman–Crippen LogP) is 7.67. The minimum Gasteiger partial charge on any atom is -0.363 e. The standard InChI is InChI=1S/C30H34FN5/c1-6-9-22(4)18-26(10-7-2)25-15-12-24(13-16-25)19-32-30-28(31)29(33-21-34-30)27-14-11-23(5)36(20-27)35-17-8-3/h7,9-18,20-21H,5-6,8,19H2,1-4H3,(H,32,33,34)/b10-7-,22-9+,26-18+,35-17-. The van der Waals surface area contributed by atoms with Crippen LogP contribution in [0.2, 0.25) is 0 Å². The van der Waals surface area contributed by atoms with E-state index in [0.29, 0.717) is 17.8 Å². The van der Waals surface area contributed by atoms with Gasteiger partial charge in [-0.15, -0.1) is 0 Å². The van der Waals surface area contributed by atoms with Crippen molar-refractivity contribution < 1.29 is 4.39 Å². The second kappa shape index (κ2) is 13.1. The molecule has 6 heteroatoms. The largest absolute Gasteiger partial charge is 0.363 e. The highest BCUT2D eigenvalue weighted by molar-refractivity contribution is 5.76. The summed E-state index contributed by atoms with van der Waals surface area (Å²) in [5.74, 6) is -0.352. The van der Waals surface area contributed by atoms with E-state index >= 15 is 4.39 Å². The fourth-order valence-electron chi connectivity index (χ4n) is 3.67. The van der Waals surface area contributed by atoms with Crippen LogP contribution < -0.4 is 5.32 Å². The van der Waals surface area contributed by atoms with E-state index in [1.165, 1.54) is 11.9 Å². The minimum absolute atomic E-state index is 0.154. The number of nitrogens with zero attached hydrogens (tertiary/aromatic N) is 4. The second-order valence-corrected chi connectivity index (χ2v) is 8.35. The van der Waals surface area contributed by atoms with Gasteiger partial charge in [0.15, 0.2) is 11.6 Å². The zero-order valence-electron chi connectivity index (χ0n) is 21.5. The van der Waals surface area contributed by atoms with Crippen molar-refractivity contribution in [3.8, 4) is 0 Å². The average Bonchev–Trinajstić information content (AvgIpc) is 2.88. The maximum absolute atomic E-state index is 15.3. The third kappa shape index (κ3) is 6.98. The van der Waals surface area contributed by atoms with Gasteiger partial charge in [0.25, 0.3) is 0 Å². The van der Waals surface area contributed by atoms with Crippen molar-refractivity contribution in [3.05, 3.63) is 114 Å². The summed E-state index contributed by atoms with van der Waals surface area (Å²) in [7, 11) is 0. The van der Waals surface area contributed by atoms with E-state index in [9.17, 15) is 0 Å². The number of nitrogens with one attached hydrogen (secondary N) is 1. The van der Waals surface area contributed by atoms with Gasteiger partial charge in [0.05, 0.1) is 5.70 Å². The SMILES string of the molecule is C=C1C=CC(c2ncnc(NCc3ccc(C(/C=C\C)=C/C(C)=C/CC)cc3)c2F)=CN1/N=C\CC. The zero-order chi connectivity index (χ0) is 25.9. The molecule has 0 atom stereocenters. The monoisotopic (exact) mass is 483 g/mol. The number of aromatic nitrogens is 2. The van der Waals surface area contributed by atoms with Crippen LogP contribution in [0, 0.1) is 5.82 Å². The number of anilines is 1. The molecule has 5 nitrogen and oxygen atoms in total. The van der Waals surface area contributed by atoms with Gasteiger partial charge in [-0.05, 0) is 55.5 Å². The Morgan fingerprint density at radius 3 is 2.61 bits per heavy atom. The van der Waals surface area contributed by atoms with Gasteiger partial charge >= 0.3 is 0 Å². The van der Waals surface area contributed by atoms with Crippen LogP contribution in [0.5, 0.6) is 0 Å². The first kappa shape index (κ1) is 26.5. The molecule has 1 aromatic heterocycles. The minimum atomic E-state index is -0.506. The summed E-state index contributed by atoms with van der Waals surface area (Å²) in [6, 6.07) is 8.25. The molecular weight excluding hydrogens is 449 g/mol. The molecule has 1 aromatic carbocycles. The molecule has 1 N–H and O–H groups in total. The van der Waals surface area contributed by atoms with Gasteiger partial charge in [-0.2, -0.15) is 5.10 Å². The number of hydrogen-bond donors (Lipinski definition) is 1. The van der Waals surface area contributed by atoms with Crippen molar-refractivity contribution >= 4 is 23.2 Å². The van der Waals surface area contributed by atoms with Gasteiger partial charge in [0.2, 0.25) is 0 Å². The Morgan fingerprint density at radius 2 is 1.92 bits per heavy atom. The molecule has 0 aliphatic carbocycles. The van der Waals surface area contributed by atoms with Crippen LogP contribution in [0.4, 0.5) is 10.2 Å². The molecular formula is C30H34FN5. The lowest BCUT2D eigenvalue weighted by Gasteiger charge is -2.20. The molecule has 36 heavy (non-hydrogen) atoms. The van der Waals surface area contributed by atoms with Crippen LogP contribution in [0.25, 0.3) is 11.1 Å². The lowest BCUT2D eigenvalue weighted by atomic mass is 10.0. The van der Waals surface area contributed by atoms with E-state index in [1.54, 1.807) is 29.6 Å². The summed E-state index contributed by atoms with van der Waals surface area (Å²) in [6.45, 7) is 12.7. The highest BCUT2D eigenvalue weighted by atomic mass is 19.1. The number of rotatable bonds is 10. The van der Waals surface area contributed by atoms with E-state index in [0.717, 1.165) is 29.5 Å². The maximum Gasteiger partial charge on any atom is 0.191 e. The summed E-state index contributed by atoms with van der Waals surface area (Å²) < 4.78 is 15.3. The van der Waals surface area contributed by atoms with Gasteiger partial charge < -0.3 is 5.32 Å². The van der Waals surface area contributed by atoms with E-state index in [4.69, 9.17) is 0 Å². The van der Waals surface area contributed by atoms with Crippen molar-refractivity contribution in [3.63, 3.8) is 0 Å². The highest BCUT2D eigenvalue weighted by Crippen LogP contribution is 2.27. The first-order valence-corrected chi connectivity index (χ1v) is 12.2. The van der Waals surface area contributed by atoms with Gasteiger partial charge in [0.1, 0.15) is 12.0 Å². The molecule has 3 rings (SSSR count). The van der Waals surface area contributed by atoms with Crippen molar-refractivity contribution in [1.29, 1.82) is 0 Å². The lowest BCUT2D eigenvalue weighted by Crippen LogP contribution is -2.13. The van der Waals surface area contributed by atoms with Crippen LogP contribution in [0.3, 0.4) is 0 Å². The average molecular weight is 484 g/mol. The molecule has 0 unspecified atom stereocenters. The van der Waals surface area contributed by atoms with Crippen LogP contribution in [-0.4, -0.2) is 21.2 Å². The van der Waals surface area contributed by atoms with E-state index < -0.39 is 5.82 Å². The number of hydrogen-bond acceptors (Lipinski definition) is 5.